The van der Waals surface area contributed by atoms with Gasteiger partial charge < -0.3 is 4.90 Å². The van der Waals surface area contributed by atoms with Gasteiger partial charge in [-0.25, -0.2) is 4.39 Å². The van der Waals surface area contributed by atoms with Gasteiger partial charge in [-0.3, -0.25) is 0 Å². The van der Waals surface area contributed by atoms with Crippen molar-refractivity contribution in [1.82, 2.24) is 0 Å². The summed E-state index contributed by atoms with van der Waals surface area (Å²) in [6.45, 7) is 7.81. The van der Waals surface area contributed by atoms with Crippen LogP contribution in [-0.4, -0.2) is 7.05 Å². The lowest BCUT2D eigenvalue weighted by Gasteiger charge is -2.23. The number of aryl methyl sites for hydroxylation is 2. The second kappa shape index (κ2) is 5.27. The number of hydrogen-bond acceptors (Lipinski definition) is 1. The van der Waals surface area contributed by atoms with E-state index in [-0.39, 0.29) is 5.82 Å². The average molecular weight is 255 g/mol. The topological polar surface area (TPSA) is 3.24 Å². The van der Waals surface area contributed by atoms with Gasteiger partial charge in [0.15, 0.2) is 0 Å². The van der Waals surface area contributed by atoms with Crippen molar-refractivity contribution in [3.05, 3.63) is 71.6 Å². The van der Waals surface area contributed by atoms with Crippen LogP contribution in [0.3, 0.4) is 0 Å². The van der Waals surface area contributed by atoms with E-state index in [1.165, 1.54) is 5.56 Å². The molecule has 2 heteroatoms. The molecule has 0 radical (unpaired) electrons. The van der Waals surface area contributed by atoms with Crippen LogP contribution >= 0.6 is 0 Å². The summed E-state index contributed by atoms with van der Waals surface area (Å²) in [4.78, 5) is 1.90. The van der Waals surface area contributed by atoms with Gasteiger partial charge in [-0.2, -0.15) is 0 Å². The van der Waals surface area contributed by atoms with Crippen LogP contribution in [0.2, 0.25) is 0 Å². The van der Waals surface area contributed by atoms with Crippen molar-refractivity contribution in [2.24, 2.45) is 0 Å². The minimum absolute atomic E-state index is 0.202. The molecule has 2 aromatic carbocycles. The summed E-state index contributed by atoms with van der Waals surface area (Å²) < 4.78 is 14.1. The van der Waals surface area contributed by atoms with Crippen LogP contribution in [0.25, 0.3) is 5.70 Å². The lowest BCUT2D eigenvalue weighted by molar-refractivity contribution is 0.614. The van der Waals surface area contributed by atoms with Crippen molar-refractivity contribution in [3.63, 3.8) is 0 Å². The summed E-state index contributed by atoms with van der Waals surface area (Å²) in [7, 11) is 1.90. The molecule has 0 unspecified atom stereocenters. The van der Waals surface area contributed by atoms with E-state index >= 15 is 0 Å². The zero-order chi connectivity index (χ0) is 14.0. The molecular formula is C17H18FN. The molecule has 0 bridgehead atoms. The fourth-order valence-corrected chi connectivity index (χ4v) is 1.98. The van der Waals surface area contributed by atoms with Crippen molar-refractivity contribution in [2.45, 2.75) is 13.8 Å². The van der Waals surface area contributed by atoms with Gasteiger partial charge in [-0.05, 0) is 37.6 Å². The minimum atomic E-state index is -0.202. The van der Waals surface area contributed by atoms with Crippen LogP contribution in [0.4, 0.5) is 10.1 Å². The van der Waals surface area contributed by atoms with Crippen LogP contribution in [0, 0.1) is 19.7 Å². The predicted octanol–water partition coefficient (Wildman–Crippen LogP) is 4.55. The van der Waals surface area contributed by atoms with Gasteiger partial charge in [-0.1, -0.05) is 36.4 Å². The van der Waals surface area contributed by atoms with Crippen LogP contribution in [0.15, 0.2) is 49.0 Å². The predicted molar refractivity (Wildman–Crippen MR) is 79.8 cm³/mol. The molecule has 19 heavy (non-hydrogen) atoms. The van der Waals surface area contributed by atoms with Gasteiger partial charge in [0.05, 0.1) is 0 Å². The van der Waals surface area contributed by atoms with Crippen LogP contribution in [0.1, 0.15) is 16.7 Å². The van der Waals surface area contributed by atoms with Crippen molar-refractivity contribution in [2.75, 3.05) is 11.9 Å². The van der Waals surface area contributed by atoms with Crippen LogP contribution in [-0.2, 0) is 0 Å². The molecule has 0 aliphatic heterocycles. The Labute approximate surface area is 114 Å². The smallest absolute Gasteiger partial charge is 0.135 e. The summed E-state index contributed by atoms with van der Waals surface area (Å²) in [6.07, 6.45) is 0. The molecule has 0 atom stereocenters. The third-order valence-corrected chi connectivity index (χ3v) is 3.33. The molecule has 0 N–H and O–H groups in total. The van der Waals surface area contributed by atoms with Gasteiger partial charge in [0.2, 0.25) is 0 Å². The molecule has 0 saturated carbocycles. The Bertz CT molecular complexity index is 599. The molecule has 0 spiro atoms. The second-order valence-corrected chi connectivity index (χ2v) is 4.78. The Hall–Kier alpha value is -2.09. The average Bonchev–Trinajstić information content (AvgIpc) is 2.41. The Morgan fingerprint density at radius 1 is 1.05 bits per heavy atom. The molecule has 0 heterocycles. The summed E-state index contributed by atoms with van der Waals surface area (Å²) >= 11 is 0. The minimum Gasteiger partial charge on any atom is -0.345 e. The van der Waals surface area contributed by atoms with E-state index in [2.05, 4.69) is 6.58 Å². The maximum absolute atomic E-state index is 14.1. The Morgan fingerprint density at radius 3 is 2.32 bits per heavy atom. The van der Waals surface area contributed by atoms with E-state index in [0.29, 0.717) is 16.8 Å². The van der Waals surface area contributed by atoms with Crippen molar-refractivity contribution >= 4 is 11.4 Å². The van der Waals surface area contributed by atoms with E-state index in [1.54, 1.807) is 19.1 Å². The lowest BCUT2D eigenvalue weighted by atomic mass is 10.1. The lowest BCUT2D eigenvalue weighted by Crippen LogP contribution is -2.15. The SMILES string of the molecule is C=C(c1cccc(C)c1F)N(C)c1ccc(C)cc1. The number of nitrogens with zero attached hydrogens (tertiary/aromatic N) is 1. The van der Waals surface area contributed by atoms with Gasteiger partial charge in [0.25, 0.3) is 0 Å². The molecule has 1 nitrogen and oxygen atoms in total. The summed E-state index contributed by atoms with van der Waals surface area (Å²) in [5, 5.41) is 0. The first-order valence-corrected chi connectivity index (χ1v) is 6.25. The van der Waals surface area contributed by atoms with Gasteiger partial charge in [0, 0.05) is 24.0 Å². The van der Waals surface area contributed by atoms with Crippen molar-refractivity contribution in [1.29, 1.82) is 0 Å². The normalized spacial score (nSPS) is 10.3. The second-order valence-electron chi connectivity index (χ2n) is 4.78. The summed E-state index contributed by atoms with van der Waals surface area (Å²) in [5.74, 6) is -0.202. The molecule has 98 valence electrons. The number of benzene rings is 2. The van der Waals surface area contributed by atoms with E-state index in [1.807, 2.05) is 49.2 Å². The molecule has 0 fully saturated rings. The first-order valence-electron chi connectivity index (χ1n) is 6.25. The standard InChI is InChI=1S/C17H18FN/c1-12-8-10-15(11-9-12)19(4)14(3)16-7-5-6-13(2)17(16)18/h5-11H,3H2,1-2,4H3. The molecule has 0 aliphatic rings. The Balaban J connectivity index is 2.33. The summed E-state index contributed by atoms with van der Waals surface area (Å²) in [6, 6.07) is 13.5. The van der Waals surface area contributed by atoms with Gasteiger partial charge in [-0.15, -0.1) is 0 Å². The van der Waals surface area contributed by atoms with Crippen LogP contribution < -0.4 is 4.90 Å². The first-order chi connectivity index (χ1) is 9.00. The fourth-order valence-electron chi connectivity index (χ4n) is 1.98. The molecule has 2 aromatic rings. The molecular weight excluding hydrogens is 237 g/mol. The zero-order valence-electron chi connectivity index (χ0n) is 11.6. The highest BCUT2D eigenvalue weighted by molar-refractivity contribution is 5.77. The Morgan fingerprint density at radius 2 is 1.68 bits per heavy atom. The number of anilines is 1. The zero-order valence-corrected chi connectivity index (χ0v) is 11.6. The fraction of sp³-hybridized carbons (Fsp3) is 0.176. The third-order valence-electron chi connectivity index (χ3n) is 3.33. The summed E-state index contributed by atoms with van der Waals surface area (Å²) in [5.41, 5.74) is 4.03. The molecule has 0 aliphatic carbocycles. The molecule has 0 aromatic heterocycles. The van der Waals surface area contributed by atoms with Gasteiger partial charge >= 0.3 is 0 Å². The first kappa shape index (κ1) is 13.3. The largest absolute Gasteiger partial charge is 0.345 e. The molecule has 0 amide bonds. The highest BCUT2D eigenvalue weighted by atomic mass is 19.1. The van der Waals surface area contributed by atoms with E-state index in [4.69, 9.17) is 0 Å². The van der Waals surface area contributed by atoms with E-state index in [0.717, 1.165) is 5.69 Å². The van der Waals surface area contributed by atoms with Crippen molar-refractivity contribution in [3.8, 4) is 0 Å². The van der Waals surface area contributed by atoms with Crippen molar-refractivity contribution < 1.29 is 4.39 Å². The number of rotatable bonds is 3. The van der Waals surface area contributed by atoms with E-state index in [9.17, 15) is 4.39 Å². The molecule has 2 rings (SSSR count). The number of halogens is 1. The maximum Gasteiger partial charge on any atom is 0.135 e. The third kappa shape index (κ3) is 2.68. The quantitative estimate of drug-likeness (QED) is 0.777. The van der Waals surface area contributed by atoms with E-state index < -0.39 is 0 Å². The monoisotopic (exact) mass is 255 g/mol. The Kier molecular flexibility index (Phi) is 3.70. The maximum atomic E-state index is 14.1. The molecule has 0 saturated heterocycles. The van der Waals surface area contributed by atoms with Crippen LogP contribution in [0.5, 0.6) is 0 Å². The van der Waals surface area contributed by atoms with Gasteiger partial charge in [0.1, 0.15) is 5.82 Å². The highest BCUT2D eigenvalue weighted by Crippen LogP contribution is 2.26. The number of hydrogen-bond donors (Lipinski definition) is 0. The highest BCUT2D eigenvalue weighted by Gasteiger charge is 2.12.